The van der Waals surface area contributed by atoms with Gasteiger partial charge in [-0.3, -0.25) is 4.99 Å². The quantitative estimate of drug-likeness (QED) is 0.531. The number of benzene rings is 2. The normalized spacial score (nSPS) is 13.9. The summed E-state index contributed by atoms with van der Waals surface area (Å²) in [6, 6.07) is 13.2. The lowest BCUT2D eigenvalue weighted by molar-refractivity contribution is 0.357. The third-order valence-electron chi connectivity index (χ3n) is 4.85. The number of hydrogen-bond acceptors (Lipinski definition) is 4. The summed E-state index contributed by atoms with van der Waals surface area (Å²) in [6.45, 7) is 2.09. The first-order chi connectivity index (χ1) is 13.9. The van der Waals surface area contributed by atoms with Crippen LogP contribution < -0.4 is 15.4 Å². The molecular formula is C21H28N4O3S. The van der Waals surface area contributed by atoms with Crippen molar-refractivity contribution in [2.45, 2.75) is 24.3 Å². The van der Waals surface area contributed by atoms with E-state index >= 15 is 0 Å². The Kier molecular flexibility index (Phi) is 6.76. The van der Waals surface area contributed by atoms with E-state index in [0.29, 0.717) is 12.5 Å². The predicted molar refractivity (Wildman–Crippen MR) is 115 cm³/mol. The molecule has 0 aromatic heterocycles. The molecule has 1 heterocycles. The van der Waals surface area contributed by atoms with Gasteiger partial charge in [0.2, 0.25) is 10.0 Å². The van der Waals surface area contributed by atoms with Crippen molar-refractivity contribution in [3.05, 3.63) is 59.2 Å². The van der Waals surface area contributed by atoms with Gasteiger partial charge in [-0.2, -0.15) is 0 Å². The van der Waals surface area contributed by atoms with Crippen molar-refractivity contribution >= 4 is 16.0 Å². The first kappa shape index (κ1) is 21.1. The molecule has 0 unspecified atom stereocenters. The summed E-state index contributed by atoms with van der Waals surface area (Å²) >= 11 is 0. The van der Waals surface area contributed by atoms with Gasteiger partial charge in [0.1, 0.15) is 5.75 Å². The van der Waals surface area contributed by atoms with Crippen LogP contribution in [0.2, 0.25) is 0 Å². The molecule has 29 heavy (non-hydrogen) atoms. The second-order valence-electron chi connectivity index (χ2n) is 7.07. The first-order valence-corrected chi connectivity index (χ1v) is 11.0. The molecule has 8 heteroatoms. The molecule has 1 aliphatic heterocycles. The maximum atomic E-state index is 12.1. The summed E-state index contributed by atoms with van der Waals surface area (Å²) in [5, 5.41) is 6.57. The minimum absolute atomic E-state index is 0.286. The Morgan fingerprint density at radius 2 is 1.83 bits per heavy atom. The summed E-state index contributed by atoms with van der Waals surface area (Å²) in [5.74, 6) is 1.71. The first-order valence-electron chi connectivity index (χ1n) is 9.61. The Morgan fingerprint density at radius 3 is 2.52 bits per heavy atom. The highest BCUT2D eigenvalue weighted by atomic mass is 32.2. The maximum absolute atomic E-state index is 12.1. The monoisotopic (exact) mass is 416 g/mol. The van der Waals surface area contributed by atoms with E-state index in [-0.39, 0.29) is 4.90 Å². The van der Waals surface area contributed by atoms with E-state index < -0.39 is 10.0 Å². The molecule has 7 nitrogen and oxygen atoms in total. The van der Waals surface area contributed by atoms with Crippen LogP contribution in [0.5, 0.6) is 5.75 Å². The largest absolute Gasteiger partial charge is 0.493 e. The number of guanidine groups is 1. The molecule has 2 aromatic rings. The standard InChI is InChI=1S/C21H28N4O3S/c1-22-21(23-12-10-16-6-9-20-18(14-16)11-13-28-20)24-15-17-4-7-19(8-5-17)29(26,27)25(2)3/h4-9,14H,10-13,15H2,1-3H3,(H2,22,23,24). The lowest BCUT2D eigenvalue weighted by Gasteiger charge is -2.14. The van der Waals surface area contributed by atoms with Gasteiger partial charge in [-0.25, -0.2) is 12.7 Å². The van der Waals surface area contributed by atoms with Crippen molar-refractivity contribution in [2.24, 2.45) is 4.99 Å². The summed E-state index contributed by atoms with van der Waals surface area (Å²) in [5.41, 5.74) is 3.53. The molecule has 3 rings (SSSR count). The molecule has 1 aliphatic rings. The van der Waals surface area contributed by atoms with Crippen molar-refractivity contribution in [1.82, 2.24) is 14.9 Å². The minimum atomic E-state index is -3.40. The molecule has 0 atom stereocenters. The smallest absolute Gasteiger partial charge is 0.242 e. The number of nitrogens with one attached hydrogen (secondary N) is 2. The van der Waals surface area contributed by atoms with Crippen LogP contribution in [0.25, 0.3) is 0 Å². The van der Waals surface area contributed by atoms with Gasteiger partial charge in [0.05, 0.1) is 11.5 Å². The van der Waals surface area contributed by atoms with Gasteiger partial charge in [0, 0.05) is 40.7 Å². The summed E-state index contributed by atoms with van der Waals surface area (Å²) in [4.78, 5) is 4.53. The van der Waals surface area contributed by atoms with Crippen LogP contribution in [-0.4, -0.2) is 53.0 Å². The Morgan fingerprint density at radius 1 is 1.10 bits per heavy atom. The molecule has 0 spiro atoms. The number of fused-ring (bicyclic) bond motifs is 1. The third kappa shape index (κ3) is 5.27. The Hall–Kier alpha value is -2.58. The molecular weight excluding hydrogens is 388 g/mol. The van der Waals surface area contributed by atoms with Crippen LogP contribution in [0.1, 0.15) is 16.7 Å². The molecule has 2 aromatic carbocycles. The van der Waals surface area contributed by atoms with Crippen LogP contribution in [0, 0.1) is 0 Å². The zero-order valence-corrected chi connectivity index (χ0v) is 17.9. The van der Waals surface area contributed by atoms with Gasteiger partial charge >= 0.3 is 0 Å². The SMILES string of the molecule is CN=C(NCCc1ccc2c(c1)CCO2)NCc1ccc(S(=O)(=O)N(C)C)cc1. The van der Waals surface area contributed by atoms with Crippen molar-refractivity contribution in [1.29, 1.82) is 0 Å². The third-order valence-corrected chi connectivity index (χ3v) is 6.67. The Balaban J connectivity index is 1.48. The van der Waals surface area contributed by atoms with Crippen LogP contribution >= 0.6 is 0 Å². The minimum Gasteiger partial charge on any atom is -0.493 e. The fourth-order valence-corrected chi connectivity index (χ4v) is 4.02. The zero-order chi connectivity index (χ0) is 20.9. The van der Waals surface area contributed by atoms with Crippen molar-refractivity contribution in [3.8, 4) is 5.75 Å². The fourth-order valence-electron chi connectivity index (χ4n) is 3.12. The van der Waals surface area contributed by atoms with Crippen LogP contribution in [0.3, 0.4) is 0 Å². The van der Waals surface area contributed by atoms with Crippen molar-refractivity contribution in [2.75, 3.05) is 34.3 Å². The van der Waals surface area contributed by atoms with Gasteiger partial charge in [-0.1, -0.05) is 24.3 Å². The number of ether oxygens (including phenoxy) is 1. The molecule has 0 aliphatic carbocycles. The maximum Gasteiger partial charge on any atom is 0.242 e. The number of aliphatic imine (C=N–C) groups is 1. The highest BCUT2D eigenvalue weighted by molar-refractivity contribution is 7.89. The predicted octanol–water partition coefficient (Wildman–Crippen LogP) is 1.78. The van der Waals surface area contributed by atoms with Crippen LogP contribution in [0.4, 0.5) is 0 Å². The molecule has 0 saturated heterocycles. The number of rotatable bonds is 7. The summed E-state index contributed by atoms with van der Waals surface area (Å²) < 4.78 is 31.0. The summed E-state index contributed by atoms with van der Waals surface area (Å²) in [6.07, 6.45) is 1.87. The Labute approximate surface area is 172 Å². The highest BCUT2D eigenvalue weighted by Gasteiger charge is 2.16. The van der Waals surface area contributed by atoms with E-state index in [0.717, 1.165) is 37.3 Å². The van der Waals surface area contributed by atoms with Gasteiger partial charge in [0.25, 0.3) is 0 Å². The Bertz CT molecular complexity index is 970. The number of nitrogens with zero attached hydrogens (tertiary/aromatic N) is 2. The second kappa shape index (κ2) is 9.28. The lowest BCUT2D eigenvalue weighted by atomic mass is 10.1. The number of hydrogen-bond donors (Lipinski definition) is 2. The molecule has 0 bridgehead atoms. The molecule has 2 N–H and O–H groups in total. The molecule has 156 valence electrons. The van der Waals surface area contributed by atoms with Gasteiger partial charge < -0.3 is 15.4 Å². The lowest BCUT2D eigenvalue weighted by Crippen LogP contribution is -2.37. The molecule has 0 amide bonds. The van der Waals surface area contributed by atoms with E-state index in [1.165, 1.54) is 29.5 Å². The average Bonchev–Trinajstić information content (AvgIpc) is 3.18. The van der Waals surface area contributed by atoms with Crippen LogP contribution in [-0.2, 0) is 29.4 Å². The topological polar surface area (TPSA) is 83.0 Å². The van der Waals surface area contributed by atoms with E-state index in [1.54, 1.807) is 19.2 Å². The zero-order valence-electron chi connectivity index (χ0n) is 17.1. The van der Waals surface area contributed by atoms with E-state index in [9.17, 15) is 8.42 Å². The van der Waals surface area contributed by atoms with Gasteiger partial charge in [-0.05, 0) is 41.3 Å². The number of sulfonamides is 1. The van der Waals surface area contributed by atoms with Crippen molar-refractivity contribution < 1.29 is 13.2 Å². The van der Waals surface area contributed by atoms with Crippen molar-refractivity contribution in [3.63, 3.8) is 0 Å². The van der Waals surface area contributed by atoms with E-state index in [4.69, 9.17) is 4.74 Å². The highest BCUT2D eigenvalue weighted by Crippen LogP contribution is 2.25. The molecule has 0 radical (unpaired) electrons. The van der Waals surface area contributed by atoms with Gasteiger partial charge in [0.15, 0.2) is 5.96 Å². The molecule has 0 fully saturated rings. The van der Waals surface area contributed by atoms with E-state index in [1.807, 2.05) is 18.2 Å². The van der Waals surface area contributed by atoms with Gasteiger partial charge in [-0.15, -0.1) is 0 Å². The average molecular weight is 417 g/mol. The van der Waals surface area contributed by atoms with Crippen LogP contribution in [0.15, 0.2) is 52.4 Å². The second-order valence-corrected chi connectivity index (χ2v) is 9.23. The molecule has 0 saturated carbocycles. The van der Waals surface area contributed by atoms with E-state index in [2.05, 4.69) is 27.8 Å². The summed E-state index contributed by atoms with van der Waals surface area (Å²) in [7, 11) is 1.38. The fraction of sp³-hybridized carbons (Fsp3) is 0.381.